The molecule has 5 rings (SSSR count). The second kappa shape index (κ2) is 10.3. The van der Waals surface area contributed by atoms with Crippen LogP contribution in [0.5, 0.6) is 0 Å². The summed E-state index contributed by atoms with van der Waals surface area (Å²) in [4.78, 5) is 28.1. The minimum absolute atomic E-state index is 0.0357. The van der Waals surface area contributed by atoms with E-state index in [0.29, 0.717) is 13.1 Å². The van der Waals surface area contributed by atoms with Crippen molar-refractivity contribution in [3.63, 3.8) is 0 Å². The predicted octanol–water partition coefficient (Wildman–Crippen LogP) is 3.11. The lowest BCUT2D eigenvalue weighted by Gasteiger charge is -2.43. The lowest BCUT2D eigenvalue weighted by molar-refractivity contribution is -0.129. The number of carbonyl (C=O) groups is 2. The van der Waals surface area contributed by atoms with Crippen LogP contribution in [-0.4, -0.2) is 47.4 Å². The Bertz CT molecular complexity index is 1060. The molecule has 0 spiro atoms. The maximum atomic E-state index is 12.9. The summed E-state index contributed by atoms with van der Waals surface area (Å²) in [7, 11) is 0. The number of benzene rings is 2. The van der Waals surface area contributed by atoms with Gasteiger partial charge in [-0.3, -0.25) is 19.8 Å². The van der Waals surface area contributed by atoms with Crippen LogP contribution in [0.1, 0.15) is 36.5 Å². The van der Waals surface area contributed by atoms with Gasteiger partial charge in [0.15, 0.2) is 0 Å². The Balaban J connectivity index is 1.20. The first-order valence-electron chi connectivity index (χ1n) is 12.2. The summed E-state index contributed by atoms with van der Waals surface area (Å²) in [5.74, 6) is 0.0655. The molecule has 2 fully saturated rings. The highest BCUT2D eigenvalue weighted by Crippen LogP contribution is 2.38. The van der Waals surface area contributed by atoms with Crippen LogP contribution in [-0.2, 0) is 22.6 Å². The molecule has 7 heteroatoms. The van der Waals surface area contributed by atoms with Crippen molar-refractivity contribution in [3.8, 4) is 0 Å². The van der Waals surface area contributed by atoms with Gasteiger partial charge in [-0.2, -0.15) is 0 Å². The van der Waals surface area contributed by atoms with E-state index < -0.39 is 0 Å². The first-order valence-corrected chi connectivity index (χ1v) is 13.1. The molecule has 3 N–H and O–H groups in total. The number of aryl methyl sites for hydroxylation is 1. The molecule has 3 heterocycles. The number of nitrogens with zero attached hydrogens (tertiary/aromatic N) is 1. The monoisotopic (exact) mass is 476 g/mol. The Morgan fingerprint density at radius 3 is 2.65 bits per heavy atom. The third-order valence-corrected chi connectivity index (χ3v) is 8.22. The van der Waals surface area contributed by atoms with Gasteiger partial charge in [0.25, 0.3) is 0 Å². The molecule has 3 aliphatic heterocycles. The van der Waals surface area contributed by atoms with Crippen LogP contribution in [0.15, 0.2) is 60.0 Å². The number of amides is 2. The molecule has 0 bridgehead atoms. The Kier molecular flexibility index (Phi) is 7.04. The quantitative estimate of drug-likeness (QED) is 0.598. The van der Waals surface area contributed by atoms with Gasteiger partial charge >= 0.3 is 0 Å². The topological polar surface area (TPSA) is 73.5 Å². The van der Waals surface area contributed by atoms with E-state index in [9.17, 15) is 9.59 Å². The van der Waals surface area contributed by atoms with Gasteiger partial charge in [0.2, 0.25) is 11.8 Å². The molecule has 2 amide bonds. The molecule has 3 aliphatic rings. The molecule has 6 nitrogen and oxygen atoms in total. The van der Waals surface area contributed by atoms with Crippen LogP contribution in [0.2, 0.25) is 0 Å². The van der Waals surface area contributed by atoms with E-state index in [1.807, 2.05) is 18.2 Å². The van der Waals surface area contributed by atoms with Gasteiger partial charge in [0, 0.05) is 19.6 Å². The average molecular weight is 477 g/mol. The van der Waals surface area contributed by atoms with Gasteiger partial charge in [-0.05, 0) is 46.9 Å². The number of fused-ring (bicyclic) bond motifs is 1. The van der Waals surface area contributed by atoms with E-state index in [-0.39, 0.29) is 35.3 Å². The Hall–Kier alpha value is -2.61. The summed E-state index contributed by atoms with van der Waals surface area (Å²) in [6.07, 6.45) is 2.55. The fourth-order valence-corrected chi connectivity index (χ4v) is 6.19. The zero-order valence-corrected chi connectivity index (χ0v) is 20.3. The summed E-state index contributed by atoms with van der Waals surface area (Å²) < 4.78 is 0. The van der Waals surface area contributed by atoms with Gasteiger partial charge in [-0.25, -0.2) is 0 Å². The summed E-state index contributed by atoms with van der Waals surface area (Å²) in [6, 6.07) is 18.6. The zero-order valence-electron chi connectivity index (χ0n) is 19.5. The molecule has 0 saturated carbocycles. The number of piperidine rings is 1. The van der Waals surface area contributed by atoms with E-state index >= 15 is 0 Å². The molecule has 4 atom stereocenters. The molecule has 34 heavy (non-hydrogen) atoms. The molecular weight excluding hydrogens is 444 g/mol. The van der Waals surface area contributed by atoms with Crippen molar-refractivity contribution in [1.82, 2.24) is 20.9 Å². The van der Waals surface area contributed by atoms with E-state index in [4.69, 9.17) is 0 Å². The molecule has 4 unspecified atom stereocenters. The first-order chi connectivity index (χ1) is 16.6. The molecule has 2 aromatic rings. The summed E-state index contributed by atoms with van der Waals surface area (Å²) >= 11 is 1.58. The normalized spacial score (nSPS) is 27.0. The zero-order chi connectivity index (χ0) is 23.5. The van der Waals surface area contributed by atoms with Crippen molar-refractivity contribution in [2.24, 2.45) is 5.92 Å². The van der Waals surface area contributed by atoms with Crippen LogP contribution in [0.4, 0.5) is 0 Å². The van der Waals surface area contributed by atoms with Gasteiger partial charge in [-0.15, -0.1) is 11.8 Å². The highest BCUT2D eigenvalue weighted by Gasteiger charge is 2.44. The molecule has 2 saturated heterocycles. The maximum absolute atomic E-state index is 12.9. The van der Waals surface area contributed by atoms with Crippen molar-refractivity contribution in [1.29, 1.82) is 0 Å². The second-order valence-corrected chi connectivity index (χ2v) is 10.3. The number of nitrogens with one attached hydrogen (secondary N) is 3. The average Bonchev–Trinajstić information content (AvgIpc) is 3.33. The lowest BCUT2D eigenvalue weighted by Crippen LogP contribution is -2.69. The minimum atomic E-state index is -0.267. The van der Waals surface area contributed by atoms with Crippen LogP contribution in [0, 0.1) is 5.92 Å². The van der Waals surface area contributed by atoms with Crippen LogP contribution in [0.3, 0.4) is 0 Å². The van der Waals surface area contributed by atoms with Crippen molar-refractivity contribution in [2.45, 2.75) is 50.3 Å². The third kappa shape index (κ3) is 4.92. The second-order valence-electron chi connectivity index (χ2n) is 9.27. The Labute approximate surface area is 205 Å². The van der Waals surface area contributed by atoms with Gasteiger partial charge in [-0.1, -0.05) is 61.5 Å². The molecule has 0 aromatic heterocycles. The highest BCUT2D eigenvalue weighted by molar-refractivity contribution is 8.04. The van der Waals surface area contributed by atoms with Gasteiger partial charge in [0.05, 0.1) is 12.0 Å². The van der Waals surface area contributed by atoms with E-state index in [1.54, 1.807) is 11.8 Å². The van der Waals surface area contributed by atoms with Crippen LogP contribution in [0.25, 0.3) is 5.57 Å². The largest absolute Gasteiger partial charge is 0.352 e. The summed E-state index contributed by atoms with van der Waals surface area (Å²) in [5.41, 5.74) is 4.72. The first kappa shape index (κ1) is 23.1. The standard InChI is InChI=1S/C27H32N4O2S/c1-2-18-10-12-19(13-11-18)15-28-25(32)21-9-6-14-31(16-21)27-29-23-22(20-7-4-3-5-8-20)17-34-24(23)26(33)30-27/h3-5,7-8,10-13,17,21,23-24,27,29H,2,6,9,14-16H2,1H3,(H,28,32)(H,30,33). The van der Waals surface area contributed by atoms with E-state index in [1.165, 1.54) is 5.56 Å². The minimum Gasteiger partial charge on any atom is -0.352 e. The molecule has 178 valence electrons. The number of hydrogen-bond acceptors (Lipinski definition) is 5. The highest BCUT2D eigenvalue weighted by atomic mass is 32.2. The van der Waals surface area contributed by atoms with Crippen LogP contribution >= 0.6 is 11.8 Å². The summed E-state index contributed by atoms with van der Waals surface area (Å²) in [6.45, 7) is 4.17. The molecule has 2 aromatic carbocycles. The number of likely N-dealkylation sites (tertiary alicyclic amines) is 1. The van der Waals surface area contributed by atoms with E-state index in [0.717, 1.165) is 42.5 Å². The molecule has 0 radical (unpaired) electrons. The van der Waals surface area contributed by atoms with Crippen molar-refractivity contribution >= 4 is 29.1 Å². The summed E-state index contributed by atoms with van der Waals surface area (Å²) in [5, 5.41) is 11.9. The van der Waals surface area contributed by atoms with Crippen molar-refractivity contribution < 1.29 is 9.59 Å². The number of carbonyl (C=O) groups excluding carboxylic acids is 2. The SMILES string of the molecule is CCc1ccc(CNC(=O)C2CCCN(C3NC(=O)C4SC=C(c5ccccc5)C4N3)C2)cc1. The maximum Gasteiger partial charge on any atom is 0.237 e. The van der Waals surface area contributed by atoms with Crippen LogP contribution < -0.4 is 16.0 Å². The fourth-order valence-electron chi connectivity index (χ4n) is 5.04. The van der Waals surface area contributed by atoms with Crippen molar-refractivity contribution in [3.05, 3.63) is 76.7 Å². The lowest BCUT2D eigenvalue weighted by atomic mass is 9.94. The van der Waals surface area contributed by atoms with Gasteiger partial charge < -0.3 is 10.6 Å². The molecule has 0 aliphatic carbocycles. The van der Waals surface area contributed by atoms with Gasteiger partial charge in [0.1, 0.15) is 11.5 Å². The smallest absolute Gasteiger partial charge is 0.237 e. The number of hydrogen-bond donors (Lipinski definition) is 3. The van der Waals surface area contributed by atoms with Crippen molar-refractivity contribution in [2.75, 3.05) is 13.1 Å². The molecular formula is C27H32N4O2S. The number of rotatable bonds is 6. The number of thioether (sulfide) groups is 1. The Morgan fingerprint density at radius 1 is 1.12 bits per heavy atom. The third-order valence-electron chi connectivity index (χ3n) is 7.05. The predicted molar refractivity (Wildman–Crippen MR) is 137 cm³/mol. The fraction of sp³-hybridized carbons (Fsp3) is 0.407. The van der Waals surface area contributed by atoms with E-state index in [2.05, 4.69) is 69.6 Å². The Morgan fingerprint density at radius 2 is 1.88 bits per heavy atom.